The molecule has 1 amide bonds. The Kier molecular flexibility index (Phi) is 6.18. The summed E-state index contributed by atoms with van der Waals surface area (Å²) in [5, 5.41) is 0. The summed E-state index contributed by atoms with van der Waals surface area (Å²) >= 11 is 0. The van der Waals surface area contributed by atoms with E-state index in [-0.39, 0.29) is 5.82 Å². The summed E-state index contributed by atoms with van der Waals surface area (Å²) in [5.74, 6) is 0.522. The molecule has 3 aliphatic rings. The summed E-state index contributed by atoms with van der Waals surface area (Å²) in [6.07, 6.45) is 6.18. The Balaban J connectivity index is 1.25. The van der Waals surface area contributed by atoms with Gasteiger partial charge in [-0.1, -0.05) is 12.1 Å². The first-order valence-corrected chi connectivity index (χ1v) is 12.3. The molecule has 0 aliphatic carbocycles. The van der Waals surface area contributed by atoms with Gasteiger partial charge in [0.15, 0.2) is 0 Å². The summed E-state index contributed by atoms with van der Waals surface area (Å²) in [5.41, 5.74) is 4.78. The van der Waals surface area contributed by atoms with E-state index in [4.69, 9.17) is 0 Å². The molecule has 5 rings (SSSR count). The number of amides is 1. The highest BCUT2D eigenvalue weighted by Gasteiger charge is 2.42. The first-order chi connectivity index (χ1) is 15.6. The van der Waals surface area contributed by atoms with E-state index in [1.807, 2.05) is 11.0 Å². The van der Waals surface area contributed by atoms with Gasteiger partial charge >= 0.3 is 0 Å². The Hall–Kier alpha value is -2.40. The molecule has 0 radical (unpaired) electrons. The second-order valence-corrected chi connectivity index (χ2v) is 9.72. The molecule has 3 heterocycles. The summed E-state index contributed by atoms with van der Waals surface area (Å²) in [6.45, 7) is 7.06. The number of halogens is 1. The van der Waals surface area contributed by atoms with Crippen LogP contribution in [0.3, 0.4) is 0 Å². The van der Waals surface area contributed by atoms with Gasteiger partial charge in [-0.3, -0.25) is 4.79 Å². The topological polar surface area (TPSA) is 26.8 Å². The van der Waals surface area contributed by atoms with E-state index >= 15 is 0 Å². The molecule has 2 aromatic carbocycles. The van der Waals surface area contributed by atoms with Gasteiger partial charge in [0.25, 0.3) is 0 Å². The first kappa shape index (κ1) is 21.4. The van der Waals surface area contributed by atoms with Crippen LogP contribution in [0.2, 0.25) is 0 Å². The van der Waals surface area contributed by atoms with Crippen molar-refractivity contribution in [3.63, 3.8) is 0 Å². The number of hydrogen-bond acceptors (Lipinski definition) is 3. The number of carbonyl (C=O) groups excluding carboxylic acids is 1. The minimum atomic E-state index is -0.142. The fraction of sp³-hybridized carbons (Fsp3) is 0.519. The van der Waals surface area contributed by atoms with E-state index in [9.17, 15) is 9.18 Å². The van der Waals surface area contributed by atoms with Gasteiger partial charge in [-0.2, -0.15) is 0 Å². The van der Waals surface area contributed by atoms with Crippen molar-refractivity contribution < 1.29 is 9.18 Å². The lowest BCUT2D eigenvalue weighted by Crippen LogP contribution is -2.45. The normalized spacial score (nSPS) is 23.4. The molecular weight excluding hydrogens is 401 g/mol. The van der Waals surface area contributed by atoms with E-state index in [1.165, 1.54) is 11.3 Å². The standard InChI is InChI=1S/C27H34FN3O/c1-20-7-6-8-22(17-20)31-25-11-10-21(28)18-23(25)24-19-29(16-12-26(24)31)13-4-5-15-30-14-3-2-9-27(30)32/h6-8,10-11,17-18,24,26H,2-5,9,12-16,19H2,1H3/t24-,26+/m0/s1. The van der Waals surface area contributed by atoms with Gasteiger partial charge in [-0.25, -0.2) is 4.39 Å². The number of piperidine rings is 2. The van der Waals surface area contributed by atoms with Gasteiger partial charge in [-0.05, 0) is 87.0 Å². The quantitative estimate of drug-likeness (QED) is 0.581. The maximum absolute atomic E-state index is 14.2. The van der Waals surface area contributed by atoms with Crippen molar-refractivity contribution in [3.8, 4) is 0 Å². The third-order valence-corrected chi connectivity index (χ3v) is 7.49. The Morgan fingerprint density at radius 3 is 2.75 bits per heavy atom. The van der Waals surface area contributed by atoms with Crippen molar-refractivity contribution in [2.75, 3.05) is 37.6 Å². The van der Waals surface area contributed by atoms with E-state index in [0.29, 0.717) is 17.9 Å². The second-order valence-electron chi connectivity index (χ2n) is 9.72. The highest BCUT2D eigenvalue weighted by Crippen LogP contribution is 2.48. The van der Waals surface area contributed by atoms with Crippen LogP contribution in [0.25, 0.3) is 0 Å². The van der Waals surface area contributed by atoms with Crippen LogP contribution in [-0.4, -0.2) is 54.5 Å². The number of likely N-dealkylation sites (tertiary alicyclic amines) is 2. The third kappa shape index (κ3) is 4.27. The van der Waals surface area contributed by atoms with E-state index in [0.717, 1.165) is 82.5 Å². The maximum atomic E-state index is 14.2. The van der Waals surface area contributed by atoms with E-state index in [1.54, 1.807) is 12.1 Å². The molecule has 0 aromatic heterocycles. The lowest BCUT2D eigenvalue weighted by Gasteiger charge is -2.39. The van der Waals surface area contributed by atoms with Gasteiger partial charge in [-0.15, -0.1) is 0 Å². The first-order valence-electron chi connectivity index (χ1n) is 12.3. The van der Waals surface area contributed by atoms with E-state index in [2.05, 4.69) is 41.0 Å². The largest absolute Gasteiger partial charge is 0.343 e. The van der Waals surface area contributed by atoms with Crippen LogP contribution in [0.4, 0.5) is 15.8 Å². The van der Waals surface area contributed by atoms with Gasteiger partial charge < -0.3 is 14.7 Å². The zero-order chi connectivity index (χ0) is 22.1. The van der Waals surface area contributed by atoms with Crippen LogP contribution < -0.4 is 4.90 Å². The molecule has 5 heteroatoms. The predicted molar refractivity (Wildman–Crippen MR) is 127 cm³/mol. The number of hydrogen-bond donors (Lipinski definition) is 0. The Morgan fingerprint density at radius 1 is 1.03 bits per heavy atom. The molecule has 0 saturated carbocycles. The number of benzene rings is 2. The maximum Gasteiger partial charge on any atom is 0.222 e. The fourth-order valence-electron chi connectivity index (χ4n) is 5.89. The molecule has 4 nitrogen and oxygen atoms in total. The monoisotopic (exact) mass is 435 g/mol. The number of anilines is 2. The van der Waals surface area contributed by atoms with Gasteiger partial charge in [0.05, 0.1) is 0 Å². The summed E-state index contributed by atoms with van der Waals surface area (Å²) < 4.78 is 14.2. The Bertz CT molecular complexity index is 977. The van der Waals surface area contributed by atoms with Crippen molar-refractivity contribution in [2.45, 2.75) is 57.4 Å². The van der Waals surface area contributed by atoms with Crippen LogP contribution >= 0.6 is 0 Å². The van der Waals surface area contributed by atoms with Crippen molar-refractivity contribution in [1.82, 2.24) is 9.80 Å². The van der Waals surface area contributed by atoms with Crippen molar-refractivity contribution in [1.29, 1.82) is 0 Å². The molecule has 2 saturated heterocycles. The second kappa shape index (κ2) is 9.22. The number of fused-ring (bicyclic) bond motifs is 3. The molecule has 170 valence electrons. The summed E-state index contributed by atoms with van der Waals surface area (Å²) in [6, 6.07) is 14.4. The molecule has 2 fully saturated rings. The molecule has 2 atom stereocenters. The van der Waals surface area contributed by atoms with E-state index < -0.39 is 0 Å². The summed E-state index contributed by atoms with van der Waals surface area (Å²) in [7, 11) is 0. The van der Waals surface area contributed by atoms with Crippen LogP contribution in [0.15, 0.2) is 42.5 Å². The molecular formula is C27H34FN3O. The highest BCUT2D eigenvalue weighted by molar-refractivity contribution is 5.76. The minimum Gasteiger partial charge on any atom is -0.343 e. The Morgan fingerprint density at radius 2 is 1.91 bits per heavy atom. The fourth-order valence-corrected chi connectivity index (χ4v) is 5.89. The number of nitrogens with zero attached hydrogens (tertiary/aromatic N) is 3. The van der Waals surface area contributed by atoms with Crippen molar-refractivity contribution >= 4 is 17.3 Å². The molecule has 2 aromatic rings. The van der Waals surface area contributed by atoms with Crippen molar-refractivity contribution in [3.05, 3.63) is 59.4 Å². The lowest BCUT2D eigenvalue weighted by molar-refractivity contribution is -0.133. The Labute approximate surface area is 191 Å². The predicted octanol–water partition coefficient (Wildman–Crippen LogP) is 5.24. The highest BCUT2D eigenvalue weighted by atomic mass is 19.1. The van der Waals surface area contributed by atoms with Gasteiger partial charge in [0, 0.05) is 55.9 Å². The van der Waals surface area contributed by atoms with Crippen molar-refractivity contribution in [2.24, 2.45) is 0 Å². The minimum absolute atomic E-state index is 0.142. The average molecular weight is 436 g/mol. The molecule has 0 unspecified atom stereocenters. The smallest absolute Gasteiger partial charge is 0.222 e. The lowest BCUT2D eigenvalue weighted by atomic mass is 9.88. The van der Waals surface area contributed by atoms with Gasteiger partial charge in [0.1, 0.15) is 5.82 Å². The molecule has 32 heavy (non-hydrogen) atoms. The number of carbonyl (C=O) groups is 1. The van der Waals surface area contributed by atoms with Crippen LogP contribution in [0.1, 0.15) is 55.6 Å². The molecule has 0 bridgehead atoms. The summed E-state index contributed by atoms with van der Waals surface area (Å²) in [4.78, 5) is 19.1. The SMILES string of the molecule is Cc1cccc(N2c3ccc(F)cc3[C@@H]3CN(CCCCN4CCCCC4=O)CC[C@H]32)c1. The zero-order valence-electron chi connectivity index (χ0n) is 19.1. The van der Waals surface area contributed by atoms with Crippen LogP contribution in [-0.2, 0) is 4.79 Å². The number of aryl methyl sites for hydroxylation is 1. The number of unbranched alkanes of at least 4 members (excludes halogenated alkanes) is 1. The zero-order valence-corrected chi connectivity index (χ0v) is 19.1. The molecule has 0 spiro atoms. The molecule has 3 aliphatic heterocycles. The third-order valence-electron chi connectivity index (χ3n) is 7.49. The average Bonchev–Trinajstić information content (AvgIpc) is 3.11. The van der Waals surface area contributed by atoms with Crippen LogP contribution in [0, 0.1) is 12.7 Å². The molecule has 0 N–H and O–H groups in total. The number of rotatable bonds is 6. The van der Waals surface area contributed by atoms with Crippen LogP contribution in [0.5, 0.6) is 0 Å². The van der Waals surface area contributed by atoms with Gasteiger partial charge in [0.2, 0.25) is 5.91 Å².